The molecule has 0 spiro atoms. The summed E-state index contributed by atoms with van der Waals surface area (Å²) in [5.74, 6) is -0.722. The summed E-state index contributed by atoms with van der Waals surface area (Å²) in [7, 11) is 0. The maximum absolute atomic E-state index is 12.2. The lowest BCUT2D eigenvalue weighted by Crippen LogP contribution is -2.49. The van der Waals surface area contributed by atoms with Gasteiger partial charge in [0.1, 0.15) is 6.61 Å². The molecule has 1 saturated carbocycles. The molecule has 1 aliphatic rings. The third kappa shape index (κ3) is 4.80. The Labute approximate surface area is 144 Å². The number of nitriles is 1. The molecule has 5 nitrogen and oxygen atoms in total. The quantitative estimate of drug-likeness (QED) is 0.797. The number of amides is 1. The minimum atomic E-state index is -1.25. The molecule has 1 N–H and O–H groups in total. The van der Waals surface area contributed by atoms with Crippen LogP contribution in [0.5, 0.6) is 0 Å². The van der Waals surface area contributed by atoms with Crippen LogP contribution in [0.2, 0.25) is 0 Å². The smallest absolute Gasteiger partial charge is 0.309 e. The fourth-order valence-electron chi connectivity index (χ4n) is 2.52. The van der Waals surface area contributed by atoms with Crippen molar-refractivity contribution in [2.45, 2.75) is 38.1 Å². The van der Waals surface area contributed by atoms with Crippen LogP contribution in [-0.2, 0) is 9.53 Å². The normalized spacial score (nSPS) is 17.1. The molecule has 23 heavy (non-hydrogen) atoms. The zero-order valence-electron chi connectivity index (χ0n) is 13.0. The van der Waals surface area contributed by atoms with Crippen LogP contribution in [0.15, 0.2) is 28.7 Å². The highest BCUT2D eigenvalue weighted by molar-refractivity contribution is 9.10. The van der Waals surface area contributed by atoms with Crippen molar-refractivity contribution < 1.29 is 14.3 Å². The van der Waals surface area contributed by atoms with Gasteiger partial charge in [-0.3, -0.25) is 9.59 Å². The predicted molar refractivity (Wildman–Crippen MR) is 88.5 cm³/mol. The number of halogens is 1. The number of carbonyl (C=O) groups excluding carboxylic acids is 2. The first-order valence-electron chi connectivity index (χ1n) is 7.59. The van der Waals surface area contributed by atoms with E-state index in [-0.39, 0.29) is 24.4 Å². The van der Waals surface area contributed by atoms with Crippen molar-refractivity contribution in [1.29, 1.82) is 5.26 Å². The monoisotopic (exact) mass is 378 g/mol. The standard InChI is InChI=1S/C17H19BrN2O3/c1-17(10-19,11-23-16(22)13-4-2-3-5-13)20-15(21)12-6-8-14(18)9-7-12/h6-9,13H,2-5,11H2,1H3,(H,20,21). The van der Waals surface area contributed by atoms with Crippen LogP contribution in [-0.4, -0.2) is 24.0 Å². The van der Waals surface area contributed by atoms with Crippen molar-refractivity contribution in [1.82, 2.24) is 5.32 Å². The van der Waals surface area contributed by atoms with Crippen molar-refractivity contribution >= 4 is 27.8 Å². The number of hydrogen-bond donors (Lipinski definition) is 1. The molecule has 1 aromatic carbocycles. The minimum absolute atomic E-state index is 0.0693. The van der Waals surface area contributed by atoms with Gasteiger partial charge in [0.2, 0.25) is 0 Å². The first kappa shape index (κ1) is 17.5. The van der Waals surface area contributed by atoms with Gasteiger partial charge in [0.25, 0.3) is 5.91 Å². The molecular formula is C17H19BrN2O3. The van der Waals surface area contributed by atoms with E-state index >= 15 is 0 Å². The lowest BCUT2D eigenvalue weighted by molar-refractivity contribution is -0.149. The molecule has 1 fully saturated rings. The van der Waals surface area contributed by atoms with Crippen LogP contribution >= 0.6 is 15.9 Å². The van der Waals surface area contributed by atoms with Crippen LogP contribution in [0.1, 0.15) is 43.0 Å². The van der Waals surface area contributed by atoms with Gasteiger partial charge in [0.05, 0.1) is 12.0 Å². The Kier molecular flexibility index (Phi) is 5.78. The summed E-state index contributed by atoms with van der Waals surface area (Å²) in [4.78, 5) is 24.2. The fourth-order valence-corrected chi connectivity index (χ4v) is 2.78. The average Bonchev–Trinajstić information content (AvgIpc) is 3.08. The van der Waals surface area contributed by atoms with E-state index in [0.29, 0.717) is 5.56 Å². The van der Waals surface area contributed by atoms with Gasteiger partial charge in [-0.1, -0.05) is 28.8 Å². The zero-order chi connectivity index (χ0) is 16.9. The number of rotatable bonds is 5. The van der Waals surface area contributed by atoms with Gasteiger partial charge in [-0.25, -0.2) is 0 Å². The van der Waals surface area contributed by atoms with Gasteiger partial charge < -0.3 is 10.1 Å². The topological polar surface area (TPSA) is 79.2 Å². The second-order valence-corrected chi connectivity index (χ2v) is 6.91. The summed E-state index contributed by atoms with van der Waals surface area (Å²) in [6.07, 6.45) is 3.76. The summed E-state index contributed by atoms with van der Waals surface area (Å²) >= 11 is 3.30. The molecular weight excluding hydrogens is 360 g/mol. The molecule has 1 amide bonds. The van der Waals surface area contributed by atoms with Crippen LogP contribution in [0.25, 0.3) is 0 Å². The van der Waals surface area contributed by atoms with E-state index in [4.69, 9.17) is 4.74 Å². The number of hydrogen-bond acceptors (Lipinski definition) is 4. The van der Waals surface area contributed by atoms with E-state index in [1.54, 1.807) is 31.2 Å². The van der Waals surface area contributed by atoms with Gasteiger partial charge >= 0.3 is 5.97 Å². The SMILES string of the molecule is CC(C#N)(COC(=O)C1CCCC1)NC(=O)c1ccc(Br)cc1. The molecule has 0 radical (unpaired) electrons. The Hall–Kier alpha value is -1.87. The summed E-state index contributed by atoms with van der Waals surface area (Å²) in [5.41, 5.74) is -0.810. The number of benzene rings is 1. The van der Waals surface area contributed by atoms with E-state index in [1.807, 2.05) is 6.07 Å². The van der Waals surface area contributed by atoms with Crippen LogP contribution in [0.4, 0.5) is 0 Å². The fraction of sp³-hybridized carbons (Fsp3) is 0.471. The molecule has 1 aromatic rings. The average molecular weight is 379 g/mol. The van der Waals surface area contributed by atoms with Gasteiger partial charge in [0, 0.05) is 10.0 Å². The highest BCUT2D eigenvalue weighted by atomic mass is 79.9. The summed E-state index contributed by atoms with van der Waals surface area (Å²) < 4.78 is 6.12. The Morgan fingerprint density at radius 3 is 2.52 bits per heavy atom. The van der Waals surface area contributed by atoms with Crippen molar-refractivity contribution in [3.05, 3.63) is 34.3 Å². The molecule has 1 atom stereocenters. The van der Waals surface area contributed by atoms with Crippen LogP contribution in [0.3, 0.4) is 0 Å². The largest absolute Gasteiger partial charge is 0.462 e. The van der Waals surface area contributed by atoms with E-state index in [2.05, 4.69) is 21.2 Å². The van der Waals surface area contributed by atoms with Crippen molar-refractivity contribution in [2.24, 2.45) is 5.92 Å². The molecule has 1 aliphatic carbocycles. The molecule has 0 bridgehead atoms. The highest BCUT2D eigenvalue weighted by Crippen LogP contribution is 2.26. The molecule has 0 aliphatic heterocycles. The highest BCUT2D eigenvalue weighted by Gasteiger charge is 2.31. The third-order valence-electron chi connectivity index (χ3n) is 3.93. The summed E-state index contributed by atoms with van der Waals surface area (Å²) in [6.45, 7) is 1.40. The van der Waals surface area contributed by atoms with Gasteiger partial charge in [-0.15, -0.1) is 0 Å². The second kappa shape index (κ2) is 7.60. The number of esters is 1. The molecule has 6 heteroatoms. The van der Waals surface area contributed by atoms with Gasteiger partial charge in [-0.05, 0) is 44.0 Å². The number of carbonyl (C=O) groups is 2. The maximum Gasteiger partial charge on any atom is 0.309 e. The molecule has 122 valence electrons. The van der Waals surface area contributed by atoms with E-state index in [9.17, 15) is 14.9 Å². The number of nitrogens with zero attached hydrogens (tertiary/aromatic N) is 1. The zero-order valence-corrected chi connectivity index (χ0v) is 14.6. The third-order valence-corrected chi connectivity index (χ3v) is 4.46. The molecule has 2 rings (SSSR count). The van der Waals surface area contributed by atoms with Crippen LogP contribution in [0, 0.1) is 17.2 Å². The first-order chi connectivity index (χ1) is 10.9. The van der Waals surface area contributed by atoms with Gasteiger partial charge in [0.15, 0.2) is 5.54 Å². The van der Waals surface area contributed by atoms with E-state index in [1.165, 1.54) is 0 Å². The van der Waals surface area contributed by atoms with Crippen molar-refractivity contribution in [2.75, 3.05) is 6.61 Å². The summed E-state index contributed by atoms with van der Waals surface area (Å²) in [5, 5.41) is 12.0. The lowest BCUT2D eigenvalue weighted by Gasteiger charge is -2.23. The molecule has 1 unspecified atom stereocenters. The van der Waals surface area contributed by atoms with E-state index in [0.717, 1.165) is 30.2 Å². The Morgan fingerprint density at radius 2 is 1.96 bits per heavy atom. The maximum atomic E-state index is 12.2. The number of ether oxygens (including phenoxy) is 1. The Bertz CT molecular complexity index is 618. The van der Waals surface area contributed by atoms with Crippen molar-refractivity contribution in [3.8, 4) is 6.07 Å². The summed E-state index contributed by atoms with van der Waals surface area (Å²) in [6, 6.07) is 8.82. The Balaban J connectivity index is 1.94. The molecule has 0 heterocycles. The predicted octanol–water partition coefficient (Wildman–Crippen LogP) is 3.19. The number of nitrogens with one attached hydrogen (secondary N) is 1. The van der Waals surface area contributed by atoms with Crippen molar-refractivity contribution in [3.63, 3.8) is 0 Å². The minimum Gasteiger partial charge on any atom is -0.462 e. The first-order valence-corrected chi connectivity index (χ1v) is 8.39. The van der Waals surface area contributed by atoms with Crippen LogP contribution < -0.4 is 5.32 Å². The molecule has 0 aromatic heterocycles. The Morgan fingerprint density at radius 1 is 1.35 bits per heavy atom. The van der Waals surface area contributed by atoms with E-state index < -0.39 is 5.54 Å². The molecule has 0 saturated heterocycles. The van der Waals surface area contributed by atoms with Gasteiger partial charge in [-0.2, -0.15) is 5.26 Å². The second-order valence-electron chi connectivity index (χ2n) is 5.99. The lowest BCUT2D eigenvalue weighted by atomic mass is 10.0.